The molecule has 0 bridgehead atoms. The molecule has 1 aromatic heterocycles. The van der Waals surface area contributed by atoms with E-state index in [-0.39, 0.29) is 17.7 Å². The summed E-state index contributed by atoms with van der Waals surface area (Å²) < 4.78 is 5.29. The van der Waals surface area contributed by atoms with Crippen LogP contribution in [0.15, 0.2) is 22.8 Å². The van der Waals surface area contributed by atoms with Gasteiger partial charge in [-0.05, 0) is 38.8 Å². The molecule has 0 radical (unpaired) electrons. The highest BCUT2D eigenvalue weighted by Crippen LogP contribution is 2.45. The molecule has 0 aliphatic carbocycles. The molecular weight excluding hydrogens is 318 g/mol. The van der Waals surface area contributed by atoms with Crippen molar-refractivity contribution in [3.05, 3.63) is 24.2 Å². The highest BCUT2D eigenvalue weighted by molar-refractivity contribution is 5.93. The van der Waals surface area contributed by atoms with Crippen molar-refractivity contribution in [1.82, 2.24) is 14.7 Å². The van der Waals surface area contributed by atoms with Gasteiger partial charge < -0.3 is 14.2 Å². The van der Waals surface area contributed by atoms with Gasteiger partial charge in [0.05, 0.1) is 11.7 Å². The SMILES string of the molecule is CC(C)N1CC2CN(C(=O)c3ccco3)CC2(C(=O)N2CCCC2)C1. The Morgan fingerprint density at radius 3 is 2.56 bits per heavy atom. The third kappa shape index (κ3) is 2.67. The number of rotatable bonds is 3. The molecule has 3 aliphatic heterocycles. The largest absolute Gasteiger partial charge is 0.459 e. The molecule has 4 heterocycles. The molecule has 3 saturated heterocycles. The number of carbonyl (C=O) groups is 2. The summed E-state index contributed by atoms with van der Waals surface area (Å²) in [5, 5.41) is 0. The van der Waals surface area contributed by atoms with Crippen molar-refractivity contribution in [2.24, 2.45) is 11.3 Å². The number of carbonyl (C=O) groups excluding carboxylic acids is 2. The molecule has 3 aliphatic rings. The maximum Gasteiger partial charge on any atom is 0.289 e. The fraction of sp³-hybridized carbons (Fsp3) is 0.684. The topological polar surface area (TPSA) is 57.0 Å². The van der Waals surface area contributed by atoms with Gasteiger partial charge >= 0.3 is 0 Å². The molecular formula is C19H27N3O3. The predicted octanol–water partition coefficient (Wildman–Crippen LogP) is 1.68. The third-order valence-electron chi connectivity index (χ3n) is 6.20. The second-order valence-electron chi connectivity index (χ2n) is 8.04. The molecule has 0 aromatic carbocycles. The molecule has 3 fully saturated rings. The van der Waals surface area contributed by atoms with Crippen molar-refractivity contribution in [1.29, 1.82) is 0 Å². The van der Waals surface area contributed by atoms with Crippen LogP contribution in [0.4, 0.5) is 0 Å². The van der Waals surface area contributed by atoms with Crippen LogP contribution in [0.3, 0.4) is 0 Å². The van der Waals surface area contributed by atoms with Crippen molar-refractivity contribution in [2.45, 2.75) is 32.7 Å². The number of hydrogen-bond donors (Lipinski definition) is 0. The van der Waals surface area contributed by atoms with E-state index in [0.29, 0.717) is 24.9 Å². The average Bonchev–Trinajstić information content (AvgIpc) is 3.36. The zero-order valence-electron chi connectivity index (χ0n) is 15.1. The highest BCUT2D eigenvalue weighted by Gasteiger charge is 2.59. The maximum atomic E-state index is 13.4. The summed E-state index contributed by atoms with van der Waals surface area (Å²) >= 11 is 0. The van der Waals surface area contributed by atoms with Gasteiger partial charge in [0.15, 0.2) is 5.76 Å². The first-order valence-electron chi connectivity index (χ1n) is 9.37. The summed E-state index contributed by atoms with van der Waals surface area (Å²) in [5.74, 6) is 0.739. The van der Waals surface area contributed by atoms with Gasteiger partial charge in [-0.15, -0.1) is 0 Å². The first kappa shape index (κ1) is 16.6. The summed E-state index contributed by atoms with van der Waals surface area (Å²) in [4.78, 5) is 32.4. The second-order valence-corrected chi connectivity index (χ2v) is 8.04. The molecule has 0 saturated carbocycles. The molecule has 4 rings (SSSR count). The lowest BCUT2D eigenvalue weighted by atomic mass is 9.79. The maximum absolute atomic E-state index is 13.4. The van der Waals surface area contributed by atoms with E-state index in [9.17, 15) is 9.59 Å². The van der Waals surface area contributed by atoms with Gasteiger partial charge in [-0.1, -0.05) is 0 Å². The molecule has 25 heavy (non-hydrogen) atoms. The van der Waals surface area contributed by atoms with E-state index < -0.39 is 5.41 Å². The fourth-order valence-corrected chi connectivity index (χ4v) is 4.75. The molecule has 2 unspecified atom stereocenters. The Morgan fingerprint density at radius 2 is 1.92 bits per heavy atom. The van der Waals surface area contributed by atoms with Gasteiger partial charge in [-0.25, -0.2) is 0 Å². The Labute approximate surface area is 148 Å². The van der Waals surface area contributed by atoms with Crippen LogP contribution in [0.25, 0.3) is 0 Å². The number of likely N-dealkylation sites (tertiary alicyclic amines) is 3. The van der Waals surface area contributed by atoms with E-state index in [4.69, 9.17) is 4.42 Å². The molecule has 136 valence electrons. The molecule has 2 amide bonds. The number of amides is 2. The van der Waals surface area contributed by atoms with E-state index in [1.165, 1.54) is 6.26 Å². The van der Waals surface area contributed by atoms with Crippen molar-refractivity contribution in [3.8, 4) is 0 Å². The third-order valence-corrected chi connectivity index (χ3v) is 6.20. The highest BCUT2D eigenvalue weighted by atomic mass is 16.3. The first-order valence-corrected chi connectivity index (χ1v) is 9.37. The van der Waals surface area contributed by atoms with Crippen LogP contribution in [0, 0.1) is 11.3 Å². The van der Waals surface area contributed by atoms with Gasteiger partial charge in [0.2, 0.25) is 5.91 Å². The van der Waals surface area contributed by atoms with Crippen LogP contribution in [0.5, 0.6) is 0 Å². The smallest absolute Gasteiger partial charge is 0.289 e. The molecule has 1 aromatic rings. The number of hydrogen-bond acceptors (Lipinski definition) is 4. The Bertz CT molecular complexity index is 651. The summed E-state index contributed by atoms with van der Waals surface area (Å²) in [6.07, 6.45) is 3.71. The summed E-state index contributed by atoms with van der Waals surface area (Å²) in [6.45, 7) is 8.88. The first-order chi connectivity index (χ1) is 12.0. The lowest BCUT2D eigenvalue weighted by Crippen LogP contribution is -2.49. The molecule has 6 heteroatoms. The minimum atomic E-state index is -0.448. The Balaban J connectivity index is 1.59. The molecule has 2 atom stereocenters. The van der Waals surface area contributed by atoms with Gasteiger partial charge in [-0.3, -0.25) is 14.5 Å². The van der Waals surface area contributed by atoms with Gasteiger partial charge in [0.1, 0.15) is 0 Å². The zero-order valence-corrected chi connectivity index (χ0v) is 15.1. The number of nitrogens with zero attached hydrogens (tertiary/aromatic N) is 3. The van der Waals surface area contributed by atoms with Crippen LogP contribution in [-0.2, 0) is 4.79 Å². The quantitative estimate of drug-likeness (QED) is 0.836. The summed E-state index contributed by atoms with van der Waals surface area (Å²) in [5.41, 5.74) is -0.448. The second kappa shape index (κ2) is 6.16. The molecule has 6 nitrogen and oxygen atoms in total. The van der Waals surface area contributed by atoms with E-state index in [1.807, 2.05) is 9.80 Å². The predicted molar refractivity (Wildman–Crippen MR) is 93.1 cm³/mol. The lowest BCUT2D eigenvalue weighted by molar-refractivity contribution is -0.141. The van der Waals surface area contributed by atoms with Gasteiger partial charge in [0, 0.05) is 51.2 Å². The van der Waals surface area contributed by atoms with Crippen LogP contribution in [0.1, 0.15) is 37.2 Å². The number of furan rings is 1. The summed E-state index contributed by atoms with van der Waals surface area (Å²) in [7, 11) is 0. The fourth-order valence-electron chi connectivity index (χ4n) is 4.75. The van der Waals surface area contributed by atoms with E-state index in [1.54, 1.807) is 12.1 Å². The Morgan fingerprint density at radius 1 is 1.16 bits per heavy atom. The Hall–Kier alpha value is -1.82. The minimum absolute atomic E-state index is 0.0934. The van der Waals surface area contributed by atoms with Gasteiger partial charge in [-0.2, -0.15) is 0 Å². The van der Waals surface area contributed by atoms with Crippen molar-refractivity contribution < 1.29 is 14.0 Å². The van der Waals surface area contributed by atoms with Crippen LogP contribution in [-0.4, -0.2) is 71.8 Å². The standard InChI is InChI=1S/C19H27N3O3/c1-14(2)21-10-15-11-22(17(23)16-6-5-9-25-16)13-19(15,12-21)18(24)20-7-3-4-8-20/h5-6,9,14-15H,3-4,7-8,10-13H2,1-2H3. The minimum Gasteiger partial charge on any atom is -0.459 e. The molecule has 0 spiro atoms. The summed E-state index contributed by atoms with van der Waals surface area (Å²) in [6, 6.07) is 3.85. The van der Waals surface area contributed by atoms with E-state index >= 15 is 0 Å². The van der Waals surface area contributed by atoms with Gasteiger partial charge in [0.25, 0.3) is 5.91 Å². The number of fused-ring (bicyclic) bond motifs is 1. The Kier molecular flexibility index (Phi) is 4.10. The molecule has 0 N–H and O–H groups in total. The normalized spacial score (nSPS) is 29.6. The average molecular weight is 345 g/mol. The zero-order chi connectivity index (χ0) is 17.6. The van der Waals surface area contributed by atoms with Crippen molar-refractivity contribution in [2.75, 3.05) is 39.3 Å². The monoisotopic (exact) mass is 345 g/mol. The van der Waals surface area contributed by atoms with Crippen LogP contribution in [0.2, 0.25) is 0 Å². The van der Waals surface area contributed by atoms with E-state index in [0.717, 1.165) is 39.0 Å². The van der Waals surface area contributed by atoms with E-state index in [2.05, 4.69) is 18.7 Å². The van der Waals surface area contributed by atoms with Crippen molar-refractivity contribution >= 4 is 11.8 Å². The van der Waals surface area contributed by atoms with Crippen molar-refractivity contribution in [3.63, 3.8) is 0 Å². The van der Waals surface area contributed by atoms with Crippen LogP contribution < -0.4 is 0 Å². The lowest BCUT2D eigenvalue weighted by Gasteiger charge is -2.33. The van der Waals surface area contributed by atoms with Crippen LogP contribution >= 0.6 is 0 Å².